The van der Waals surface area contributed by atoms with Crippen LogP contribution in [0.4, 0.5) is 0 Å². The molecule has 4 nitrogen and oxygen atoms in total. The Kier molecular flexibility index (Phi) is 5.24. The van der Waals surface area contributed by atoms with Crippen LogP contribution in [0.2, 0.25) is 0 Å². The molecule has 18 heavy (non-hydrogen) atoms. The van der Waals surface area contributed by atoms with E-state index in [9.17, 15) is 9.59 Å². The van der Waals surface area contributed by atoms with Gasteiger partial charge in [-0.3, -0.25) is 9.59 Å². The monoisotopic (exact) mass is 289 g/mol. The fourth-order valence-corrected chi connectivity index (χ4v) is 5.07. The van der Waals surface area contributed by atoms with Crippen LogP contribution in [0, 0.1) is 11.8 Å². The van der Waals surface area contributed by atoms with Gasteiger partial charge >= 0.3 is 5.97 Å². The number of carboxylic acid groups (broad SMARTS) is 1. The molecule has 0 aromatic carbocycles. The van der Waals surface area contributed by atoms with Crippen LogP contribution in [0.5, 0.6) is 0 Å². The predicted octanol–water partition coefficient (Wildman–Crippen LogP) is 1.45. The molecule has 1 amide bonds. The summed E-state index contributed by atoms with van der Waals surface area (Å²) in [6, 6.07) is 0. The fourth-order valence-electron chi connectivity index (χ4n) is 2.46. The molecule has 2 fully saturated rings. The van der Waals surface area contributed by atoms with Crippen LogP contribution in [0.15, 0.2) is 0 Å². The van der Waals surface area contributed by atoms with E-state index in [-0.39, 0.29) is 17.7 Å². The number of hydrogen-bond acceptors (Lipinski definition) is 4. The largest absolute Gasteiger partial charge is 0.481 e. The summed E-state index contributed by atoms with van der Waals surface area (Å²) in [6.07, 6.45) is 1.87. The first kappa shape index (κ1) is 14.1. The highest BCUT2D eigenvalue weighted by atomic mass is 32.2. The first-order valence-electron chi connectivity index (χ1n) is 6.36. The zero-order valence-corrected chi connectivity index (χ0v) is 11.9. The molecule has 0 radical (unpaired) electrons. The maximum Gasteiger partial charge on any atom is 0.306 e. The van der Waals surface area contributed by atoms with Crippen LogP contribution >= 0.6 is 23.5 Å². The van der Waals surface area contributed by atoms with Gasteiger partial charge in [-0.25, -0.2) is 0 Å². The van der Waals surface area contributed by atoms with Crippen molar-refractivity contribution in [2.24, 2.45) is 11.8 Å². The van der Waals surface area contributed by atoms with E-state index in [2.05, 4.69) is 5.32 Å². The van der Waals surface area contributed by atoms with Gasteiger partial charge < -0.3 is 10.4 Å². The summed E-state index contributed by atoms with van der Waals surface area (Å²) >= 11 is 3.86. The SMILES string of the molecule is O=C(O)C1CCC(C(=O)NCC2CSCCS2)C1. The molecule has 1 aliphatic carbocycles. The molecular formula is C12H19NO3S2. The van der Waals surface area contributed by atoms with Gasteiger partial charge in [-0.15, -0.1) is 0 Å². The number of carboxylic acids is 1. The summed E-state index contributed by atoms with van der Waals surface area (Å²) < 4.78 is 0. The topological polar surface area (TPSA) is 66.4 Å². The van der Waals surface area contributed by atoms with Gasteiger partial charge in [-0.2, -0.15) is 23.5 Å². The van der Waals surface area contributed by atoms with Gasteiger partial charge in [-0.1, -0.05) is 0 Å². The zero-order valence-electron chi connectivity index (χ0n) is 10.3. The number of carbonyl (C=O) groups excluding carboxylic acids is 1. The normalized spacial score (nSPS) is 32.1. The minimum Gasteiger partial charge on any atom is -0.481 e. The number of thioether (sulfide) groups is 2. The fraction of sp³-hybridized carbons (Fsp3) is 0.833. The van der Waals surface area contributed by atoms with Crippen LogP contribution in [-0.2, 0) is 9.59 Å². The molecule has 2 rings (SSSR count). The van der Waals surface area contributed by atoms with Gasteiger partial charge in [0.15, 0.2) is 0 Å². The van der Waals surface area contributed by atoms with Crippen molar-refractivity contribution in [3.05, 3.63) is 0 Å². The van der Waals surface area contributed by atoms with Crippen LogP contribution in [-0.4, -0.2) is 46.0 Å². The molecule has 3 atom stereocenters. The minimum atomic E-state index is -0.760. The predicted molar refractivity (Wildman–Crippen MR) is 75.0 cm³/mol. The van der Waals surface area contributed by atoms with Gasteiger partial charge in [0.25, 0.3) is 0 Å². The molecule has 1 saturated heterocycles. The third-order valence-corrected chi connectivity index (χ3v) is 6.39. The van der Waals surface area contributed by atoms with Crippen molar-refractivity contribution in [2.45, 2.75) is 24.5 Å². The smallest absolute Gasteiger partial charge is 0.306 e. The summed E-state index contributed by atoms with van der Waals surface area (Å²) in [7, 11) is 0. The standard InChI is InChI=1S/C12H19NO3S2/c14-11(8-1-2-9(5-8)12(15)16)13-6-10-7-17-3-4-18-10/h8-10H,1-7H2,(H,13,14)(H,15,16). The Morgan fingerprint density at radius 2 is 2.00 bits per heavy atom. The van der Waals surface area contributed by atoms with Gasteiger partial charge in [0, 0.05) is 35.0 Å². The average Bonchev–Trinajstić information content (AvgIpc) is 2.87. The van der Waals surface area contributed by atoms with Crippen molar-refractivity contribution in [3.63, 3.8) is 0 Å². The molecule has 0 aromatic heterocycles. The Labute approximate surface area is 116 Å². The number of nitrogens with one attached hydrogen (secondary N) is 1. The first-order chi connectivity index (χ1) is 8.66. The van der Waals surface area contributed by atoms with Crippen molar-refractivity contribution in [1.29, 1.82) is 0 Å². The van der Waals surface area contributed by atoms with Gasteiger partial charge in [0.05, 0.1) is 5.92 Å². The van der Waals surface area contributed by atoms with E-state index in [1.165, 1.54) is 5.75 Å². The lowest BCUT2D eigenvalue weighted by Crippen LogP contribution is -2.36. The second-order valence-corrected chi connectivity index (χ2v) is 7.42. The molecule has 1 aliphatic heterocycles. The molecule has 2 N–H and O–H groups in total. The second kappa shape index (κ2) is 6.70. The lowest BCUT2D eigenvalue weighted by molar-refractivity contribution is -0.141. The summed E-state index contributed by atoms with van der Waals surface area (Å²) in [6.45, 7) is 0.727. The Hall–Kier alpha value is -0.360. The lowest BCUT2D eigenvalue weighted by atomic mass is 10.0. The van der Waals surface area contributed by atoms with Crippen molar-refractivity contribution >= 4 is 35.4 Å². The lowest BCUT2D eigenvalue weighted by Gasteiger charge is -2.22. The van der Waals surface area contributed by atoms with E-state index in [0.29, 0.717) is 18.1 Å². The summed E-state index contributed by atoms with van der Waals surface area (Å²) in [5.41, 5.74) is 0. The van der Waals surface area contributed by atoms with Crippen molar-refractivity contribution in [2.75, 3.05) is 23.8 Å². The summed E-state index contributed by atoms with van der Waals surface area (Å²) in [5, 5.41) is 12.4. The third kappa shape index (κ3) is 3.82. The summed E-state index contributed by atoms with van der Waals surface area (Å²) in [5.74, 6) is 2.35. The Morgan fingerprint density at radius 3 is 2.61 bits per heavy atom. The Morgan fingerprint density at radius 1 is 1.22 bits per heavy atom. The highest BCUT2D eigenvalue weighted by Gasteiger charge is 2.33. The van der Waals surface area contributed by atoms with E-state index < -0.39 is 5.97 Å². The number of rotatable bonds is 4. The molecule has 0 aromatic rings. The second-order valence-electron chi connectivity index (χ2n) is 4.86. The quantitative estimate of drug-likeness (QED) is 0.820. The number of carbonyl (C=O) groups is 2. The van der Waals surface area contributed by atoms with Gasteiger partial charge in [0.2, 0.25) is 5.91 Å². The van der Waals surface area contributed by atoms with Crippen LogP contribution < -0.4 is 5.32 Å². The molecule has 1 heterocycles. The van der Waals surface area contributed by atoms with E-state index >= 15 is 0 Å². The molecule has 1 saturated carbocycles. The zero-order chi connectivity index (χ0) is 13.0. The van der Waals surface area contributed by atoms with Crippen LogP contribution in [0.1, 0.15) is 19.3 Å². The van der Waals surface area contributed by atoms with E-state index in [4.69, 9.17) is 5.11 Å². The van der Waals surface area contributed by atoms with Gasteiger partial charge in [0.1, 0.15) is 0 Å². The van der Waals surface area contributed by atoms with E-state index in [0.717, 1.165) is 24.5 Å². The highest BCUT2D eigenvalue weighted by molar-refractivity contribution is 8.06. The molecule has 2 aliphatic rings. The molecule has 0 spiro atoms. The first-order valence-corrected chi connectivity index (χ1v) is 8.57. The minimum absolute atomic E-state index is 0.0509. The Balaban J connectivity index is 1.70. The van der Waals surface area contributed by atoms with E-state index in [1.54, 1.807) is 0 Å². The molecule has 102 valence electrons. The molecule has 0 bridgehead atoms. The number of aliphatic carboxylic acids is 1. The molecule has 6 heteroatoms. The third-order valence-electron chi connectivity index (χ3n) is 3.54. The number of amides is 1. The Bertz CT molecular complexity index is 318. The van der Waals surface area contributed by atoms with Gasteiger partial charge in [-0.05, 0) is 19.3 Å². The number of hydrogen-bond donors (Lipinski definition) is 2. The highest BCUT2D eigenvalue weighted by Crippen LogP contribution is 2.31. The molecular weight excluding hydrogens is 270 g/mol. The van der Waals surface area contributed by atoms with E-state index in [1.807, 2.05) is 23.5 Å². The maximum atomic E-state index is 11.9. The summed E-state index contributed by atoms with van der Waals surface area (Å²) in [4.78, 5) is 22.8. The molecule has 3 unspecified atom stereocenters. The van der Waals surface area contributed by atoms with Crippen molar-refractivity contribution in [1.82, 2.24) is 5.32 Å². The van der Waals surface area contributed by atoms with Crippen LogP contribution in [0.25, 0.3) is 0 Å². The van der Waals surface area contributed by atoms with Crippen molar-refractivity contribution in [3.8, 4) is 0 Å². The van der Waals surface area contributed by atoms with Crippen LogP contribution in [0.3, 0.4) is 0 Å². The van der Waals surface area contributed by atoms with Crippen molar-refractivity contribution < 1.29 is 14.7 Å². The average molecular weight is 289 g/mol. The maximum absolute atomic E-state index is 11.9.